The van der Waals surface area contributed by atoms with Crippen LogP contribution in [0.2, 0.25) is 5.02 Å². The first kappa shape index (κ1) is 81.4. The first-order valence-corrected chi connectivity index (χ1v) is 41.9. The molecule has 1 fully saturated rings. The van der Waals surface area contributed by atoms with Crippen molar-refractivity contribution < 1.29 is 22.0 Å². The third-order valence-corrected chi connectivity index (χ3v) is 23.5. The number of H-pyrrole nitrogens is 12. The Kier molecular flexibility index (Phi) is 19.9. The number of nitrogens with zero attached hydrogens (tertiary/aromatic N) is 13. The van der Waals surface area contributed by atoms with E-state index < -0.39 is 23.3 Å². The Labute approximate surface area is 749 Å². The van der Waals surface area contributed by atoms with Gasteiger partial charge in [0.15, 0.2) is 58.2 Å². The van der Waals surface area contributed by atoms with Crippen molar-refractivity contribution in [1.29, 1.82) is 0 Å². The maximum Gasteiger partial charge on any atom is 0.273 e. The number of para-hydroxylation sites is 4. The number of nitrogens with one attached hydrogen (secondary N) is 16. The molecule has 33 nitrogen and oxygen atoms in total. The van der Waals surface area contributed by atoms with Crippen LogP contribution in [0.25, 0.3) is 176 Å². The van der Waals surface area contributed by atoms with Crippen molar-refractivity contribution >= 4 is 189 Å². The van der Waals surface area contributed by atoms with Crippen LogP contribution >= 0.6 is 11.6 Å². The van der Waals surface area contributed by atoms with E-state index in [0.29, 0.717) is 135 Å². The molecule has 24 aromatic rings. The minimum atomic E-state index is -0.764. The Morgan fingerprint density at radius 3 is 1.35 bits per heavy atom. The zero-order valence-corrected chi connectivity index (χ0v) is 70.2. The van der Waals surface area contributed by atoms with E-state index in [1.807, 2.05) is 121 Å². The number of pyridine rings is 1. The summed E-state index contributed by atoms with van der Waals surface area (Å²) >= 11 is 6.53. The summed E-state index contributed by atoms with van der Waals surface area (Å²) in [7, 11) is 0. The van der Waals surface area contributed by atoms with Gasteiger partial charge in [-0.25, -0.2) is 61.8 Å². The standard InChI is InChI=1S/C25H17F2N7O.C25H21N7O.C24H14FN7O.C21H11ClF2N8O/c26-12-7-17-21(18(27)8-12)32-33-24(17)30-22-13-3-1-2-4-19(13)28-23(29-22)15-9-16-20(31-34-25(16)35)10-14(15)11-5-6-11;1-13(2)16-12-21-18(25(33)32-30-21)11-17(16)23-26-19-9-5-3-7-14(19)22(27-23)28-24-15-8-4-6-10-20(15)29-31-24;1-2-13-14(8-10-19-20(13)24(33)32-30-19)21-26-17-6-4-3-5-15(17)22(27-21)28-23-16-11-12(25)7-9-18(16)29-31-23;22-16-10(1-2-13-15(16)21(33)32-29-13)19-26-14-7-25-4-3-9(14)18(27-19)28-20-11-5-8(23)6-12(24)17(11)30-31-20/h1-4,7-11H,5-6H2,(H2,31,34,35)(H2,28,29,30,32,33);3-13H,1-2H3,(H2,30,32,33)(H2,26,27,28,29,31);1,3-11H,(H2,30,32,33)(H2,26,27,28,29,31);1-7H,(H2,29,32,33)(H2,26,27,28,30,31). The van der Waals surface area contributed by atoms with E-state index in [9.17, 15) is 41.1 Å². The number of aromatic amines is 12. The van der Waals surface area contributed by atoms with Crippen molar-refractivity contribution in [2.24, 2.45) is 0 Å². The number of halogens is 6. The van der Waals surface area contributed by atoms with Crippen molar-refractivity contribution in [1.82, 2.24) is 126 Å². The molecule has 13 aromatic heterocycles. The third-order valence-electron chi connectivity index (χ3n) is 23.1. The van der Waals surface area contributed by atoms with Crippen LogP contribution in [0.3, 0.4) is 0 Å². The molecule has 0 bridgehead atoms. The van der Waals surface area contributed by atoms with Crippen LogP contribution < -0.4 is 43.5 Å². The molecule has 1 aliphatic carbocycles. The van der Waals surface area contributed by atoms with E-state index in [1.165, 1.54) is 24.3 Å². The fourth-order valence-electron chi connectivity index (χ4n) is 16.5. The number of hydrogen-bond donors (Lipinski definition) is 16. The van der Waals surface area contributed by atoms with Crippen molar-refractivity contribution in [3.63, 3.8) is 0 Å². The molecule has 1 aliphatic rings. The highest BCUT2D eigenvalue weighted by Crippen LogP contribution is 2.47. The van der Waals surface area contributed by atoms with Gasteiger partial charge in [0.25, 0.3) is 22.2 Å². The van der Waals surface area contributed by atoms with Crippen molar-refractivity contribution in [3.8, 4) is 57.9 Å². The lowest BCUT2D eigenvalue weighted by molar-refractivity contribution is 0.590. The van der Waals surface area contributed by atoms with E-state index in [-0.39, 0.29) is 83.6 Å². The van der Waals surface area contributed by atoms with Crippen molar-refractivity contribution in [2.45, 2.75) is 38.5 Å². The van der Waals surface area contributed by atoms with Gasteiger partial charge in [0.1, 0.15) is 51.8 Å². The summed E-state index contributed by atoms with van der Waals surface area (Å²) in [6.45, 7) is 4.23. The zero-order chi connectivity index (χ0) is 91.4. The smallest absolute Gasteiger partial charge is 0.273 e. The van der Waals surface area contributed by atoms with Gasteiger partial charge in [-0.3, -0.25) is 85.3 Å². The summed E-state index contributed by atoms with van der Waals surface area (Å²) in [5.41, 5.74) is 11.1. The fraction of sp³-hybridized carbons (Fsp3) is 0.0632. The summed E-state index contributed by atoms with van der Waals surface area (Å²) in [6.07, 6.45) is 11.0. The first-order valence-electron chi connectivity index (χ1n) is 41.6. The number of terminal acetylenes is 1. The summed E-state index contributed by atoms with van der Waals surface area (Å²) < 4.78 is 69.9. The molecule has 0 spiro atoms. The predicted molar refractivity (Wildman–Crippen MR) is 504 cm³/mol. The maximum atomic E-state index is 14.2. The SMILES string of the molecule is C#Cc1c(-c2nc(Nc3n[nH]c4ccc(F)cc34)c3ccccc3n2)ccc2[nH][nH]c(=O)c12.CC(C)c1cc2[nH][nH]c(=O)c2cc1-c1nc(Nc2n[nH]c3ccccc23)c2ccccc2n1.O=c1[nH][nH]c2cc(C3CC3)c(-c3nc(Nc4n[nH]c5c(F)cc(F)cc45)c4ccccc4n3)cc12.O=c1[nH][nH]c2ccc(-c3nc(Nc4n[nH]c5c(F)cc(F)cc45)c4ccncc4n3)c(Cl)c12. The molecule has 11 aromatic carbocycles. The second-order valence-corrected chi connectivity index (χ2v) is 32.2. The Morgan fingerprint density at radius 1 is 0.366 bits per heavy atom. The molecule has 39 heteroatoms. The Morgan fingerprint density at radius 2 is 0.791 bits per heavy atom. The molecule has 1 saturated carbocycles. The quantitative estimate of drug-likeness (QED) is 0.0355. The van der Waals surface area contributed by atoms with Crippen LogP contribution in [0.1, 0.15) is 55.2 Å². The van der Waals surface area contributed by atoms with Gasteiger partial charge >= 0.3 is 0 Å². The third kappa shape index (κ3) is 14.7. The second-order valence-electron chi connectivity index (χ2n) is 31.8. The van der Waals surface area contributed by atoms with Crippen LogP contribution in [-0.2, 0) is 0 Å². The normalized spacial score (nSPS) is 12.1. The van der Waals surface area contributed by atoms with Crippen LogP contribution in [0, 0.1) is 41.4 Å². The number of rotatable bonds is 14. The van der Waals surface area contributed by atoms with Gasteiger partial charge < -0.3 is 21.3 Å². The number of anilines is 8. The second kappa shape index (κ2) is 32.7. The lowest BCUT2D eigenvalue weighted by atomic mass is 9.95. The van der Waals surface area contributed by atoms with Gasteiger partial charge in [-0.15, -0.1) is 6.42 Å². The number of aromatic nitrogens is 25. The molecule has 0 unspecified atom stereocenters. The highest BCUT2D eigenvalue weighted by Gasteiger charge is 2.31. The van der Waals surface area contributed by atoms with Gasteiger partial charge in [0, 0.05) is 72.9 Å². The molecule has 0 atom stereocenters. The van der Waals surface area contributed by atoms with Crippen LogP contribution in [0.5, 0.6) is 0 Å². The number of fused-ring (bicyclic) bond motifs is 12. The van der Waals surface area contributed by atoms with Crippen LogP contribution in [0.4, 0.5) is 68.5 Å². The Balaban J connectivity index is 0.000000104. The van der Waals surface area contributed by atoms with E-state index in [4.69, 9.17) is 42.9 Å². The highest BCUT2D eigenvalue weighted by molar-refractivity contribution is 6.38. The molecule has 25 rings (SSSR count). The summed E-state index contributed by atoms with van der Waals surface area (Å²) in [4.78, 5) is 91.1. The van der Waals surface area contributed by atoms with Gasteiger partial charge in [-0.2, -0.15) is 20.4 Å². The average molecular weight is 1810 g/mol. The predicted octanol–water partition coefficient (Wildman–Crippen LogP) is 19.1. The van der Waals surface area contributed by atoms with Gasteiger partial charge in [-0.1, -0.05) is 79.9 Å². The van der Waals surface area contributed by atoms with Crippen LogP contribution in [-0.4, -0.2) is 126 Å². The largest absolute Gasteiger partial charge is 0.322 e. The fourth-order valence-corrected chi connectivity index (χ4v) is 16.8. The van der Waals surface area contributed by atoms with Crippen molar-refractivity contribution in [2.75, 3.05) is 21.3 Å². The molecule has 0 radical (unpaired) electrons. The Bertz CT molecular complexity index is 9240. The zero-order valence-electron chi connectivity index (χ0n) is 69.5. The minimum absolute atomic E-state index is 0.0549. The van der Waals surface area contributed by atoms with E-state index in [2.05, 4.69) is 143 Å². The van der Waals surface area contributed by atoms with Gasteiger partial charge in [0.05, 0.1) is 104 Å². The summed E-state index contributed by atoms with van der Waals surface area (Å²) in [5.74, 6) is 4.89. The van der Waals surface area contributed by atoms with Crippen LogP contribution in [0.15, 0.2) is 226 Å². The van der Waals surface area contributed by atoms with Crippen molar-refractivity contribution in [3.05, 3.63) is 299 Å². The molecule has 16 N–H and O–H groups in total. The van der Waals surface area contributed by atoms with E-state index in [1.54, 1.807) is 48.8 Å². The lowest BCUT2D eigenvalue weighted by Gasteiger charge is -2.14. The minimum Gasteiger partial charge on any atom is -0.322 e. The number of benzene rings is 11. The lowest BCUT2D eigenvalue weighted by Crippen LogP contribution is -2.03. The highest BCUT2D eigenvalue weighted by atomic mass is 35.5. The molecule has 134 heavy (non-hydrogen) atoms. The summed E-state index contributed by atoms with van der Waals surface area (Å²) in [6, 6.07) is 55.3. The van der Waals surface area contributed by atoms with Gasteiger partial charge in [0.2, 0.25) is 0 Å². The number of hydrogen-bond acceptors (Lipinski definition) is 21. The first-order chi connectivity index (χ1) is 65.2. The Hall–Kier alpha value is -18.4. The molecule has 13 heterocycles. The molecular formula is C95H63ClF5N29O4. The molecule has 0 amide bonds. The molecule has 654 valence electrons. The molecule has 0 saturated heterocycles. The topological polar surface area (TPSA) is 473 Å². The maximum absolute atomic E-state index is 14.2. The van der Waals surface area contributed by atoms with E-state index in [0.717, 1.165) is 90.8 Å². The molecule has 0 aliphatic heterocycles. The monoisotopic (exact) mass is 1800 g/mol. The van der Waals surface area contributed by atoms with E-state index >= 15 is 0 Å². The van der Waals surface area contributed by atoms with Gasteiger partial charge in [-0.05, 0) is 169 Å². The summed E-state index contributed by atoms with van der Waals surface area (Å²) in [5, 5.41) is 69.5. The molecular weight excluding hydrogens is 1740 g/mol. The average Bonchev–Trinajstić information content (AvgIpc) is 1.23.